The lowest BCUT2D eigenvalue weighted by Gasteiger charge is -2.28. The molecule has 0 spiro atoms. The van der Waals surface area contributed by atoms with Crippen LogP contribution in [0.15, 0.2) is 69.9 Å². The van der Waals surface area contributed by atoms with Crippen LogP contribution < -0.4 is 45.3 Å². The number of carbonyl (C=O) groups excluding carboxylic acids is 4. The van der Waals surface area contributed by atoms with Crippen molar-refractivity contribution in [1.29, 1.82) is 0 Å². The van der Waals surface area contributed by atoms with Gasteiger partial charge in [-0.3, -0.25) is 0 Å². The number of carboxylic acids is 4. The van der Waals surface area contributed by atoms with E-state index in [1.165, 1.54) is 35.6 Å². The van der Waals surface area contributed by atoms with E-state index in [2.05, 4.69) is 4.98 Å². The Morgan fingerprint density at radius 1 is 0.755 bits per heavy atom. The van der Waals surface area contributed by atoms with Gasteiger partial charge in [-0.2, -0.15) is 0 Å². The summed E-state index contributed by atoms with van der Waals surface area (Å²) in [7, 11) is 0. The smallest absolute Gasteiger partial charge is 0.346 e. The average molecular weight is 688 g/mol. The molecule has 0 bridgehead atoms. The van der Waals surface area contributed by atoms with Crippen LogP contribution in [0.25, 0.3) is 31.8 Å². The Morgan fingerprint density at radius 3 is 1.92 bits per heavy atom. The van der Waals surface area contributed by atoms with Crippen molar-refractivity contribution < 1.29 is 53.5 Å². The molecule has 0 radical (unpaired) electrons. The summed E-state index contributed by atoms with van der Waals surface area (Å²) in [5, 5.41) is 46.4. The Balaban J connectivity index is 1.48. The molecule has 49 heavy (non-hydrogen) atoms. The summed E-state index contributed by atoms with van der Waals surface area (Å²) in [6.07, 6.45) is 0. The summed E-state index contributed by atoms with van der Waals surface area (Å²) in [4.78, 5) is 65.1. The van der Waals surface area contributed by atoms with Crippen molar-refractivity contribution in [2.75, 3.05) is 49.2 Å². The van der Waals surface area contributed by atoms with Gasteiger partial charge in [-0.1, -0.05) is 18.2 Å². The molecule has 0 aliphatic heterocycles. The Kier molecular flexibility index (Phi) is 10.3. The molecule has 254 valence electrons. The molecule has 5 rings (SSSR count). The second kappa shape index (κ2) is 14.7. The maximum absolute atomic E-state index is 13.1. The number of para-hydroxylation sites is 1. The number of anilines is 2. The van der Waals surface area contributed by atoms with Gasteiger partial charge in [-0.25, -0.2) is 9.78 Å². The maximum atomic E-state index is 13.1. The van der Waals surface area contributed by atoms with Crippen LogP contribution in [0, 0.1) is 6.92 Å². The molecular formula is C33H25N3O12S-4. The lowest BCUT2D eigenvalue weighted by atomic mass is 10.1. The monoisotopic (exact) mass is 687 g/mol. The van der Waals surface area contributed by atoms with Crippen LogP contribution in [0.5, 0.6) is 11.5 Å². The molecule has 2 aromatic heterocycles. The number of rotatable bonds is 16. The number of hydrogen-bond donors (Lipinski definition) is 0. The number of hydrogen-bond acceptors (Lipinski definition) is 16. The van der Waals surface area contributed by atoms with Crippen molar-refractivity contribution in [2.45, 2.75) is 6.92 Å². The molecule has 16 heteroatoms. The fourth-order valence-electron chi connectivity index (χ4n) is 5.01. The number of nitrogens with zero attached hydrogens (tertiary/aromatic N) is 3. The molecule has 0 aliphatic rings. The summed E-state index contributed by atoms with van der Waals surface area (Å²) in [6, 6.07) is 16.2. The van der Waals surface area contributed by atoms with Crippen molar-refractivity contribution in [2.24, 2.45) is 0 Å². The topological polar surface area (TPSA) is 229 Å². The first-order valence-electron chi connectivity index (χ1n) is 14.5. The van der Waals surface area contributed by atoms with Gasteiger partial charge in [0.2, 0.25) is 0 Å². The molecule has 0 atom stereocenters. The van der Waals surface area contributed by atoms with E-state index in [9.17, 15) is 44.4 Å². The van der Waals surface area contributed by atoms with E-state index in [4.69, 9.17) is 13.9 Å². The van der Waals surface area contributed by atoms with Crippen LogP contribution in [0.3, 0.4) is 0 Å². The molecule has 15 nitrogen and oxygen atoms in total. The van der Waals surface area contributed by atoms with Crippen molar-refractivity contribution in [1.82, 2.24) is 4.98 Å². The number of benzene rings is 3. The zero-order chi connectivity index (χ0) is 35.2. The molecule has 5 aromatic rings. The number of fused-ring (bicyclic) bond motifs is 2. The third-order valence-electron chi connectivity index (χ3n) is 7.01. The highest BCUT2D eigenvalue weighted by Gasteiger charge is 2.20. The normalized spacial score (nSPS) is 11.0. The minimum absolute atomic E-state index is 0.000455. The van der Waals surface area contributed by atoms with Gasteiger partial charge in [0.05, 0.1) is 77.2 Å². The van der Waals surface area contributed by atoms with E-state index in [0.717, 1.165) is 14.5 Å². The van der Waals surface area contributed by atoms with Crippen LogP contribution in [0.2, 0.25) is 0 Å². The van der Waals surface area contributed by atoms with Crippen LogP contribution in [-0.4, -0.2) is 68.3 Å². The Morgan fingerprint density at radius 2 is 1.33 bits per heavy atom. The number of aliphatic carboxylic acids is 4. The number of thiazole rings is 1. The molecular weight excluding hydrogens is 662 g/mol. The highest BCUT2D eigenvalue weighted by Crippen LogP contribution is 2.36. The molecule has 0 fully saturated rings. The quantitative estimate of drug-likeness (QED) is 0.0845. The van der Waals surface area contributed by atoms with E-state index in [-0.39, 0.29) is 47.2 Å². The Hall–Kier alpha value is -6.16. The second-order valence-electron chi connectivity index (χ2n) is 10.7. The van der Waals surface area contributed by atoms with Crippen molar-refractivity contribution >= 4 is 67.8 Å². The molecule has 0 saturated heterocycles. The van der Waals surface area contributed by atoms with E-state index >= 15 is 0 Å². The molecule has 0 N–H and O–H groups in total. The third-order valence-corrected chi connectivity index (χ3v) is 8.08. The zero-order valence-corrected chi connectivity index (χ0v) is 26.5. The molecule has 0 unspecified atom stereocenters. The van der Waals surface area contributed by atoms with Gasteiger partial charge < -0.3 is 63.3 Å². The number of aromatic nitrogens is 1. The first-order chi connectivity index (χ1) is 23.4. The minimum atomic E-state index is -1.60. The van der Waals surface area contributed by atoms with Gasteiger partial charge >= 0.3 is 5.63 Å². The third kappa shape index (κ3) is 8.41. The predicted molar refractivity (Wildman–Crippen MR) is 168 cm³/mol. The fourth-order valence-corrected chi connectivity index (χ4v) is 5.98. The lowest BCUT2D eigenvalue weighted by molar-refractivity contribution is -0.307. The van der Waals surface area contributed by atoms with Gasteiger partial charge in [0, 0.05) is 11.5 Å². The van der Waals surface area contributed by atoms with Gasteiger partial charge in [-0.05, 0) is 48.9 Å². The summed E-state index contributed by atoms with van der Waals surface area (Å²) in [5.41, 5.74) is 0.886. The second-order valence-corrected chi connectivity index (χ2v) is 11.7. The minimum Gasteiger partial charge on any atom is -0.548 e. The highest BCUT2D eigenvalue weighted by atomic mass is 32.1. The summed E-state index contributed by atoms with van der Waals surface area (Å²) < 4.78 is 18.2. The van der Waals surface area contributed by atoms with Gasteiger partial charge in [0.15, 0.2) is 0 Å². The van der Waals surface area contributed by atoms with Gasteiger partial charge in [0.25, 0.3) is 0 Å². The van der Waals surface area contributed by atoms with E-state index < -0.39 is 55.7 Å². The van der Waals surface area contributed by atoms with Crippen LogP contribution >= 0.6 is 11.3 Å². The average Bonchev–Trinajstić information content (AvgIpc) is 3.45. The highest BCUT2D eigenvalue weighted by molar-refractivity contribution is 7.21. The first kappa shape index (κ1) is 34.2. The summed E-state index contributed by atoms with van der Waals surface area (Å²) in [6.45, 7) is -1.95. The van der Waals surface area contributed by atoms with E-state index in [1.54, 1.807) is 25.1 Å². The van der Waals surface area contributed by atoms with E-state index in [0.29, 0.717) is 21.5 Å². The molecule has 0 saturated carbocycles. The zero-order valence-electron chi connectivity index (χ0n) is 25.7. The Bertz CT molecular complexity index is 2060. The molecule has 3 aromatic carbocycles. The molecule has 0 amide bonds. The summed E-state index contributed by atoms with van der Waals surface area (Å²) >= 11 is 1.28. The lowest BCUT2D eigenvalue weighted by Crippen LogP contribution is -2.44. The number of ether oxygens (including phenoxy) is 2. The maximum Gasteiger partial charge on any atom is 0.346 e. The largest absolute Gasteiger partial charge is 0.548 e. The van der Waals surface area contributed by atoms with Crippen molar-refractivity contribution in [3.05, 3.63) is 76.6 Å². The molecule has 0 aliphatic carbocycles. The number of aryl methyl sites for hydroxylation is 1. The Labute approximate surface area is 280 Å². The van der Waals surface area contributed by atoms with Gasteiger partial charge in [0.1, 0.15) is 35.3 Å². The fraction of sp³-hybridized carbons (Fsp3) is 0.212. The number of carboxylic acid groups (broad SMARTS) is 4. The standard InChI is InChI=1S/C33H29N3O12S/c1-18-6-7-22(35(14-28(37)38)15-29(39)40)25(10-18)46-8-9-47-26-12-19-11-20(32-34-21-4-2-3-5-27(21)49-32)33(45)48-24(19)13-23(26)36(16-30(41)42)17-31(43)44/h2-7,10-13H,8-9,14-17H2,1H3,(H,37,38)(H,39,40)(H,41,42)(H,43,44)/p-4. The van der Waals surface area contributed by atoms with E-state index in [1.807, 2.05) is 18.2 Å². The summed E-state index contributed by atoms with van der Waals surface area (Å²) in [5.74, 6) is -6.15. The molecule has 2 heterocycles. The first-order valence-corrected chi connectivity index (χ1v) is 15.3. The predicted octanol–water partition coefficient (Wildman–Crippen LogP) is -1.55. The van der Waals surface area contributed by atoms with Crippen molar-refractivity contribution in [3.8, 4) is 22.1 Å². The SMILES string of the molecule is Cc1ccc(N(CC(=O)[O-])CC(=O)[O-])c(OCCOc2cc3cc(-c4nc5ccccc5s4)c(=O)oc3cc2N(CC(=O)[O-])CC(=O)[O-])c1. The van der Waals surface area contributed by atoms with Crippen LogP contribution in [0.1, 0.15) is 5.56 Å². The van der Waals surface area contributed by atoms with Gasteiger partial charge in [-0.15, -0.1) is 11.3 Å². The van der Waals surface area contributed by atoms with Crippen molar-refractivity contribution in [3.63, 3.8) is 0 Å². The van der Waals surface area contributed by atoms with Crippen LogP contribution in [-0.2, 0) is 19.2 Å². The van der Waals surface area contributed by atoms with Crippen LogP contribution in [0.4, 0.5) is 11.4 Å². The number of carbonyl (C=O) groups is 4.